The van der Waals surface area contributed by atoms with Gasteiger partial charge in [-0.25, -0.2) is 0 Å². The standard InChI is InChI=1S/C10H15F9OSi/c1-20-21(2,3)6-4-5-7(11,12)8(13,14)9(15,16)10(17,18)19/h4-6H2,1-3H3. The molecule has 1 nitrogen and oxygen atoms in total. The highest BCUT2D eigenvalue weighted by Crippen LogP contribution is 2.54. The number of rotatable bonds is 7. The lowest BCUT2D eigenvalue weighted by Crippen LogP contribution is -2.60. The third-order valence-electron chi connectivity index (χ3n) is 3.03. The topological polar surface area (TPSA) is 9.23 Å². The van der Waals surface area contributed by atoms with Crippen molar-refractivity contribution in [1.29, 1.82) is 0 Å². The molecule has 0 aromatic carbocycles. The van der Waals surface area contributed by atoms with Gasteiger partial charge in [0.2, 0.25) is 0 Å². The van der Waals surface area contributed by atoms with Crippen molar-refractivity contribution in [2.45, 2.75) is 55.9 Å². The molecule has 0 aromatic rings. The van der Waals surface area contributed by atoms with Gasteiger partial charge in [0.25, 0.3) is 0 Å². The zero-order chi connectivity index (χ0) is 17.3. The summed E-state index contributed by atoms with van der Waals surface area (Å²) in [5.41, 5.74) is 0. The fourth-order valence-corrected chi connectivity index (χ4v) is 2.64. The van der Waals surface area contributed by atoms with Crippen LogP contribution < -0.4 is 0 Å². The minimum atomic E-state index is -6.81. The SMILES string of the molecule is CO[Si](C)(C)CCCC(F)(F)C(F)(F)C(F)(F)C(F)(F)F. The molecule has 0 heterocycles. The highest BCUT2D eigenvalue weighted by atomic mass is 28.4. The van der Waals surface area contributed by atoms with E-state index in [9.17, 15) is 39.5 Å². The van der Waals surface area contributed by atoms with Crippen LogP contribution in [0.25, 0.3) is 0 Å². The van der Waals surface area contributed by atoms with Gasteiger partial charge >= 0.3 is 23.9 Å². The highest BCUT2D eigenvalue weighted by molar-refractivity contribution is 6.71. The van der Waals surface area contributed by atoms with Crippen molar-refractivity contribution in [2.75, 3.05) is 7.11 Å². The second kappa shape index (κ2) is 5.97. The van der Waals surface area contributed by atoms with Crippen molar-refractivity contribution in [3.63, 3.8) is 0 Å². The monoisotopic (exact) mass is 350 g/mol. The Morgan fingerprint density at radius 3 is 1.57 bits per heavy atom. The van der Waals surface area contributed by atoms with Crippen LogP contribution in [0.15, 0.2) is 0 Å². The summed E-state index contributed by atoms with van der Waals surface area (Å²) >= 11 is 0. The van der Waals surface area contributed by atoms with Crippen LogP contribution in [0.1, 0.15) is 12.8 Å². The van der Waals surface area contributed by atoms with E-state index in [-0.39, 0.29) is 6.04 Å². The third-order valence-corrected chi connectivity index (χ3v) is 5.69. The Morgan fingerprint density at radius 1 is 0.810 bits per heavy atom. The second-order valence-electron chi connectivity index (χ2n) is 5.17. The Balaban J connectivity index is 5.05. The summed E-state index contributed by atoms with van der Waals surface area (Å²) in [6.07, 6.45) is -9.20. The van der Waals surface area contributed by atoms with Gasteiger partial charge in [-0.1, -0.05) is 0 Å². The first-order chi connectivity index (χ1) is 9.02. The van der Waals surface area contributed by atoms with Crippen LogP contribution >= 0.6 is 0 Å². The first-order valence-corrected chi connectivity index (χ1v) is 8.89. The Kier molecular flexibility index (Phi) is 5.85. The van der Waals surface area contributed by atoms with Crippen molar-refractivity contribution >= 4 is 8.32 Å². The number of hydrogen-bond acceptors (Lipinski definition) is 1. The van der Waals surface area contributed by atoms with Crippen molar-refractivity contribution < 1.29 is 43.9 Å². The number of alkyl halides is 9. The fourth-order valence-electron chi connectivity index (χ4n) is 1.40. The molecule has 0 aromatic heterocycles. The van der Waals surface area contributed by atoms with E-state index in [2.05, 4.69) is 0 Å². The summed E-state index contributed by atoms with van der Waals surface area (Å²) in [4.78, 5) is 0. The number of halogens is 9. The summed E-state index contributed by atoms with van der Waals surface area (Å²) in [5, 5.41) is 0. The zero-order valence-corrected chi connectivity index (χ0v) is 12.4. The lowest BCUT2D eigenvalue weighted by molar-refractivity contribution is -0.396. The van der Waals surface area contributed by atoms with Gasteiger partial charge < -0.3 is 4.43 Å². The van der Waals surface area contributed by atoms with Crippen LogP contribution in [-0.4, -0.2) is 39.4 Å². The van der Waals surface area contributed by atoms with Gasteiger partial charge in [0.1, 0.15) is 0 Å². The van der Waals surface area contributed by atoms with E-state index in [1.165, 1.54) is 7.11 Å². The molecule has 128 valence electrons. The number of hydrogen-bond donors (Lipinski definition) is 0. The molecule has 0 unspecified atom stereocenters. The molecule has 0 fully saturated rings. The Hall–Kier alpha value is -0.453. The molecular weight excluding hydrogens is 335 g/mol. The first kappa shape index (κ1) is 20.5. The minimum Gasteiger partial charge on any atom is -0.420 e. The smallest absolute Gasteiger partial charge is 0.420 e. The van der Waals surface area contributed by atoms with E-state index in [0.717, 1.165) is 0 Å². The van der Waals surface area contributed by atoms with Gasteiger partial charge in [0.05, 0.1) is 0 Å². The maximum absolute atomic E-state index is 13.2. The van der Waals surface area contributed by atoms with Crippen LogP contribution in [-0.2, 0) is 4.43 Å². The molecule has 21 heavy (non-hydrogen) atoms. The Morgan fingerprint density at radius 2 is 1.24 bits per heavy atom. The van der Waals surface area contributed by atoms with Gasteiger partial charge in [0.15, 0.2) is 8.32 Å². The Labute approximate surface area is 116 Å². The molecule has 0 saturated heterocycles. The van der Waals surface area contributed by atoms with Gasteiger partial charge in [-0.15, -0.1) is 0 Å². The summed E-state index contributed by atoms with van der Waals surface area (Å²) < 4.78 is 118. The van der Waals surface area contributed by atoms with Crippen LogP contribution in [0.2, 0.25) is 19.1 Å². The lowest BCUT2D eigenvalue weighted by atomic mass is 10.00. The lowest BCUT2D eigenvalue weighted by Gasteiger charge is -2.34. The second-order valence-corrected chi connectivity index (χ2v) is 9.60. The average molecular weight is 350 g/mol. The summed E-state index contributed by atoms with van der Waals surface area (Å²) in [6.45, 7) is 3.13. The van der Waals surface area contributed by atoms with E-state index < -0.39 is 45.1 Å². The molecule has 0 saturated carbocycles. The summed E-state index contributed by atoms with van der Waals surface area (Å²) in [7, 11) is -1.13. The normalized spacial score (nSPS) is 15.4. The van der Waals surface area contributed by atoms with E-state index in [4.69, 9.17) is 4.43 Å². The van der Waals surface area contributed by atoms with Crippen LogP contribution in [0, 0.1) is 0 Å². The first-order valence-electron chi connectivity index (χ1n) is 5.77. The molecule has 0 bridgehead atoms. The largest absolute Gasteiger partial charge is 0.460 e. The molecule has 0 atom stereocenters. The van der Waals surface area contributed by atoms with Crippen molar-refractivity contribution in [3.8, 4) is 0 Å². The van der Waals surface area contributed by atoms with Gasteiger partial charge in [-0.05, 0) is 25.6 Å². The van der Waals surface area contributed by atoms with Crippen LogP contribution in [0.4, 0.5) is 39.5 Å². The minimum absolute atomic E-state index is 0.0766. The van der Waals surface area contributed by atoms with Gasteiger partial charge in [0, 0.05) is 13.5 Å². The van der Waals surface area contributed by atoms with E-state index in [1.807, 2.05) is 0 Å². The third kappa shape index (κ3) is 4.27. The van der Waals surface area contributed by atoms with Crippen LogP contribution in [0.3, 0.4) is 0 Å². The highest BCUT2D eigenvalue weighted by Gasteiger charge is 2.81. The zero-order valence-electron chi connectivity index (χ0n) is 11.4. The van der Waals surface area contributed by atoms with Gasteiger partial charge in [-0.3, -0.25) is 0 Å². The van der Waals surface area contributed by atoms with E-state index >= 15 is 0 Å². The molecule has 0 rings (SSSR count). The Bertz CT molecular complexity index is 351. The van der Waals surface area contributed by atoms with Gasteiger partial charge in [-0.2, -0.15) is 39.5 Å². The molecule has 11 heteroatoms. The average Bonchev–Trinajstić information content (AvgIpc) is 2.26. The predicted molar refractivity (Wildman–Crippen MR) is 59.4 cm³/mol. The molecule has 0 N–H and O–H groups in total. The van der Waals surface area contributed by atoms with Crippen LogP contribution in [0.5, 0.6) is 0 Å². The molecule has 0 amide bonds. The maximum atomic E-state index is 13.2. The molecule has 0 radical (unpaired) electrons. The summed E-state index contributed by atoms with van der Waals surface area (Å²) in [5.74, 6) is -18.8. The molecule has 0 aliphatic rings. The van der Waals surface area contributed by atoms with E-state index in [0.29, 0.717) is 0 Å². The maximum Gasteiger partial charge on any atom is 0.460 e. The predicted octanol–water partition coefficient (Wildman–Crippen LogP) is 5.09. The fraction of sp³-hybridized carbons (Fsp3) is 1.00. The quantitative estimate of drug-likeness (QED) is 0.459. The molecule has 0 aliphatic carbocycles. The molecule has 0 spiro atoms. The molecule has 0 aliphatic heterocycles. The van der Waals surface area contributed by atoms with Crippen molar-refractivity contribution in [3.05, 3.63) is 0 Å². The summed E-state index contributed by atoms with van der Waals surface area (Å²) in [6, 6.07) is -0.0766. The van der Waals surface area contributed by atoms with E-state index in [1.54, 1.807) is 13.1 Å². The van der Waals surface area contributed by atoms with Crippen molar-refractivity contribution in [1.82, 2.24) is 0 Å². The van der Waals surface area contributed by atoms with Crippen molar-refractivity contribution in [2.24, 2.45) is 0 Å². The molecular formula is C10H15F9OSi.